The maximum atomic E-state index is 13.2. The second-order valence-corrected chi connectivity index (χ2v) is 8.21. The Morgan fingerprint density at radius 1 is 0.971 bits per heavy atom. The Balaban J connectivity index is 1.59. The number of ether oxygens (including phenoxy) is 1. The number of alkyl halides is 6. The van der Waals surface area contributed by atoms with Crippen LogP contribution in [0.5, 0.6) is 0 Å². The summed E-state index contributed by atoms with van der Waals surface area (Å²) >= 11 is 0. The SMILES string of the molecule is FC(F)(F)c1cc(COC2CCCN(Cc3cocn3)C2c2ccccc2)cc(C(F)(F)F)c1. The van der Waals surface area contributed by atoms with Crippen LogP contribution in [0.2, 0.25) is 0 Å². The van der Waals surface area contributed by atoms with Gasteiger partial charge < -0.3 is 9.15 Å². The molecule has 1 aliphatic rings. The van der Waals surface area contributed by atoms with Crippen LogP contribution in [0.15, 0.2) is 65.6 Å². The fraction of sp³-hybridized carbons (Fsp3) is 0.375. The zero-order valence-electron chi connectivity index (χ0n) is 17.9. The molecule has 4 rings (SSSR count). The minimum Gasteiger partial charge on any atom is -0.451 e. The van der Waals surface area contributed by atoms with Gasteiger partial charge in [0.15, 0.2) is 6.39 Å². The van der Waals surface area contributed by atoms with Crippen LogP contribution in [-0.4, -0.2) is 22.5 Å². The van der Waals surface area contributed by atoms with Crippen LogP contribution < -0.4 is 0 Å². The number of oxazole rings is 1. The van der Waals surface area contributed by atoms with Gasteiger partial charge in [0.2, 0.25) is 0 Å². The molecular formula is C24H22F6N2O2. The molecule has 34 heavy (non-hydrogen) atoms. The first-order valence-corrected chi connectivity index (χ1v) is 10.7. The van der Waals surface area contributed by atoms with Gasteiger partial charge in [-0.25, -0.2) is 4.98 Å². The lowest BCUT2D eigenvalue weighted by Crippen LogP contribution is -2.42. The molecule has 0 spiro atoms. The van der Waals surface area contributed by atoms with Crippen molar-refractivity contribution in [3.63, 3.8) is 0 Å². The summed E-state index contributed by atoms with van der Waals surface area (Å²) in [5.41, 5.74) is -1.22. The molecule has 1 aromatic heterocycles. The molecule has 0 N–H and O–H groups in total. The van der Waals surface area contributed by atoms with Crippen molar-refractivity contribution in [2.75, 3.05) is 6.54 Å². The molecular weight excluding hydrogens is 462 g/mol. The zero-order valence-corrected chi connectivity index (χ0v) is 17.9. The molecule has 10 heteroatoms. The molecule has 0 amide bonds. The van der Waals surface area contributed by atoms with Crippen molar-refractivity contribution < 1.29 is 35.5 Å². The van der Waals surface area contributed by atoms with Crippen LogP contribution in [0.1, 0.15) is 46.8 Å². The van der Waals surface area contributed by atoms with Crippen molar-refractivity contribution in [1.82, 2.24) is 9.88 Å². The van der Waals surface area contributed by atoms with Crippen molar-refractivity contribution in [3.8, 4) is 0 Å². The van der Waals surface area contributed by atoms with E-state index in [1.165, 1.54) is 12.7 Å². The number of aromatic nitrogens is 1. The maximum absolute atomic E-state index is 13.2. The summed E-state index contributed by atoms with van der Waals surface area (Å²) in [7, 11) is 0. The van der Waals surface area contributed by atoms with E-state index < -0.39 is 29.6 Å². The number of nitrogens with zero attached hydrogens (tertiary/aromatic N) is 2. The van der Waals surface area contributed by atoms with E-state index in [-0.39, 0.29) is 24.3 Å². The number of likely N-dealkylation sites (tertiary alicyclic amines) is 1. The van der Waals surface area contributed by atoms with Gasteiger partial charge in [-0.3, -0.25) is 4.90 Å². The normalized spacial score (nSPS) is 19.9. The van der Waals surface area contributed by atoms with Crippen molar-refractivity contribution in [2.24, 2.45) is 0 Å². The molecule has 0 radical (unpaired) electrons. The van der Waals surface area contributed by atoms with E-state index in [2.05, 4.69) is 9.88 Å². The summed E-state index contributed by atoms with van der Waals surface area (Å²) in [4.78, 5) is 6.29. The number of rotatable bonds is 6. The van der Waals surface area contributed by atoms with E-state index in [4.69, 9.17) is 9.15 Å². The van der Waals surface area contributed by atoms with Crippen LogP contribution in [-0.2, 0) is 30.2 Å². The van der Waals surface area contributed by atoms with Gasteiger partial charge in [-0.2, -0.15) is 26.3 Å². The monoisotopic (exact) mass is 484 g/mol. The summed E-state index contributed by atoms with van der Waals surface area (Å²) in [5.74, 6) is 0. The van der Waals surface area contributed by atoms with Gasteiger partial charge in [0, 0.05) is 6.54 Å². The lowest BCUT2D eigenvalue weighted by atomic mass is 9.92. The third-order valence-corrected chi connectivity index (χ3v) is 5.78. The van der Waals surface area contributed by atoms with E-state index in [1.54, 1.807) is 0 Å². The van der Waals surface area contributed by atoms with Gasteiger partial charge in [-0.05, 0) is 48.7 Å². The number of benzene rings is 2. The lowest BCUT2D eigenvalue weighted by Gasteiger charge is -2.41. The topological polar surface area (TPSA) is 38.5 Å². The largest absolute Gasteiger partial charge is 0.451 e. The molecule has 1 saturated heterocycles. The minimum atomic E-state index is -4.90. The van der Waals surface area contributed by atoms with E-state index >= 15 is 0 Å². The summed E-state index contributed by atoms with van der Waals surface area (Å²) in [6, 6.07) is 10.8. The quantitative estimate of drug-likeness (QED) is 0.368. The van der Waals surface area contributed by atoms with Gasteiger partial charge >= 0.3 is 12.4 Å². The standard InChI is InChI=1S/C24H22F6N2O2/c25-23(26,27)18-9-16(10-19(11-18)24(28,29)30)13-34-21-7-4-8-32(12-20-14-33-15-31-20)22(21)17-5-2-1-3-6-17/h1-3,5-6,9-11,14-15,21-22H,4,7-8,12-13H2. The van der Waals surface area contributed by atoms with Crippen molar-refractivity contribution in [3.05, 3.63) is 89.1 Å². The number of piperidine rings is 1. The Kier molecular flexibility index (Phi) is 6.99. The molecule has 3 aromatic rings. The van der Waals surface area contributed by atoms with Crippen molar-refractivity contribution >= 4 is 0 Å². The summed E-state index contributed by atoms with van der Waals surface area (Å²) < 4.78 is 90.4. The molecule has 2 heterocycles. The number of halogens is 6. The van der Waals surface area contributed by atoms with Gasteiger partial charge in [-0.1, -0.05) is 30.3 Å². The molecule has 1 fully saturated rings. The maximum Gasteiger partial charge on any atom is 0.416 e. The fourth-order valence-corrected chi connectivity index (χ4v) is 4.28. The Labute approximate surface area is 192 Å². The van der Waals surface area contributed by atoms with E-state index in [0.717, 1.165) is 18.5 Å². The first-order chi connectivity index (χ1) is 16.1. The highest BCUT2D eigenvalue weighted by molar-refractivity contribution is 5.33. The molecule has 4 nitrogen and oxygen atoms in total. The summed E-state index contributed by atoms with van der Waals surface area (Å²) in [6.45, 7) is 0.824. The van der Waals surface area contributed by atoms with Crippen molar-refractivity contribution in [1.29, 1.82) is 0 Å². The molecule has 2 atom stereocenters. The van der Waals surface area contributed by atoms with Crippen LogP contribution in [0.3, 0.4) is 0 Å². The Bertz CT molecular complexity index is 1040. The van der Waals surface area contributed by atoms with E-state index in [9.17, 15) is 26.3 Å². The first kappa shape index (κ1) is 24.3. The van der Waals surface area contributed by atoms with Gasteiger partial charge in [0.05, 0.1) is 35.6 Å². The highest BCUT2D eigenvalue weighted by atomic mass is 19.4. The van der Waals surface area contributed by atoms with Crippen molar-refractivity contribution in [2.45, 2.75) is 50.5 Å². The molecule has 0 saturated carbocycles. The molecule has 2 unspecified atom stereocenters. The van der Waals surface area contributed by atoms with Crippen LogP contribution in [0.25, 0.3) is 0 Å². The summed E-state index contributed by atoms with van der Waals surface area (Å²) in [6.07, 6.45) is -6.01. The van der Waals surface area contributed by atoms with Gasteiger partial charge in [-0.15, -0.1) is 0 Å². The van der Waals surface area contributed by atoms with Crippen LogP contribution in [0, 0.1) is 0 Å². The third kappa shape index (κ3) is 5.79. The number of hydrogen-bond acceptors (Lipinski definition) is 4. The van der Waals surface area contributed by atoms with Gasteiger partial charge in [0.1, 0.15) is 6.26 Å². The van der Waals surface area contributed by atoms with Gasteiger partial charge in [0.25, 0.3) is 0 Å². The Hall–Kier alpha value is -2.85. The second-order valence-electron chi connectivity index (χ2n) is 8.21. The average molecular weight is 484 g/mol. The molecule has 0 aliphatic carbocycles. The molecule has 182 valence electrons. The first-order valence-electron chi connectivity index (χ1n) is 10.7. The summed E-state index contributed by atoms with van der Waals surface area (Å²) in [5, 5.41) is 0. The van der Waals surface area contributed by atoms with E-state index in [0.29, 0.717) is 30.8 Å². The fourth-order valence-electron chi connectivity index (χ4n) is 4.28. The molecule has 0 bridgehead atoms. The van der Waals surface area contributed by atoms with Crippen LogP contribution in [0.4, 0.5) is 26.3 Å². The Morgan fingerprint density at radius 2 is 1.65 bits per heavy atom. The smallest absolute Gasteiger partial charge is 0.416 e. The van der Waals surface area contributed by atoms with Crippen LogP contribution >= 0.6 is 0 Å². The molecule has 1 aliphatic heterocycles. The average Bonchev–Trinajstić information content (AvgIpc) is 3.30. The molecule has 2 aromatic carbocycles. The third-order valence-electron chi connectivity index (χ3n) is 5.78. The lowest BCUT2D eigenvalue weighted by molar-refractivity contribution is -0.143. The Morgan fingerprint density at radius 3 is 2.24 bits per heavy atom. The van der Waals surface area contributed by atoms with E-state index in [1.807, 2.05) is 30.3 Å². The zero-order chi connectivity index (χ0) is 24.3. The minimum absolute atomic E-state index is 0.122. The second kappa shape index (κ2) is 9.79. The highest BCUT2D eigenvalue weighted by Gasteiger charge is 2.38. The highest BCUT2D eigenvalue weighted by Crippen LogP contribution is 2.38. The number of hydrogen-bond donors (Lipinski definition) is 0. The predicted octanol–water partition coefficient (Wildman–Crippen LogP) is 6.63. The predicted molar refractivity (Wildman–Crippen MR) is 110 cm³/mol.